The topological polar surface area (TPSA) is 96.5 Å². The van der Waals surface area contributed by atoms with Crippen LogP contribution in [0, 0.1) is 0 Å². The van der Waals surface area contributed by atoms with Gasteiger partial charge < -0.3 is 14.4 Å². The number of carbonyl (C=O) groups is 4. The first-order valence-electron chi connectivity index (χ1n) is 9.76. The lowest BCUT2D eigenvalue weighted by Gasteiger charge is -2.36. The minimum atomic E-state index is -0.545. The van der Waals surface area contributed by atoms with E-state index in [9.17, 15) is 19.2 Å². The molecule has 29 heavy (non-hydrogen) atoms. The zero-order chi connectivity index (χ0) is 21.0. The molecule has 0 bridgehead atoms. The maximum absolute atomic E-state index is 12.9. The fourth-order valence-electron chi connectivity index (χ4n) is 3.56. The third-order valence-corrected chi connectivity index (χ3v) is 5.04. The van der Waals surface area contributed by atoms with Crippen molar-refractivity contribution in [2.45, 2.75) is 26.3 Å². The van der Waals surface area contributed by atoms with Crippen LogP contribution >= 0.6 is 0 Å². The summed E-state index contributed by atoms with van der Waals surface area (Å²) in [7, 11) is 0. The molecule has 9 nitrogen and oxygen atoms in total. The standard InChI is InChI=1S/C20H25N3O6/c1-3-28-19(26)14-5-7-15(8-6-14)23-17(24)13-16(18(23)25)21-9-11-22(12-10-21)20(27)29-4-2/h5-8,16H,3-4,9-13H2,1-2H3/t16-/m1/s1. The van der Waals surface area contributed by atoms with E-state index in [4.69, 9.17) is 9.47 Å². The quantitative estimate of drug-likeness (QED) is 0.539. The molecule has 2 saturated heterocycles. The van der Waals surface area contributed by atoms with E-state index < -0.39 is 12.0 Å². The molecule has 0 unspecified atom stereocenters. The van der Waals surface area contributed by atoms with Crippen molar-refractivity contribution in [3.63, 3.8) is 0 Å². The summed E-state index contributed by atoms with van der Waals surface area (Å²) in [5.74, 6) is -1.02. The van der Waals surface area contributed by atoms with Gasteiger partial charge in [-0.3, -0.25) is 14.5 Å². The summed E-state index contributed by atoms with van der Waals surface area (Å²) in [6, 6.07) is 5.68. The normalized spacial score (nSPS) is 20.1. The molecule has 3 amide bonds. The highest BCUT2D eigenvalue weighted by Gasteiger charge is 2.43. The number of hydrogen-bond donors (Lipinski definition) is 0. The van der Waals surface area contributed by atoms with Crippen molar-refractivity contribution in [3.8, 4) is 0 Å². The van der Waals surface area contributed by atoms with Gasteiger partial charge in [0.1, 0.15) is 0 Å². The van der Waals surface area contributed by atoms with Crippen molar-refractivity contribution in [1.82, 2.24) is 9.80 Å². The number of anilines is 1. The lowest BCUT2D eigenvalue weighted by molar-refractivity contribution is -0.123. The molecular weight excluding hydrogens is 378 g/mol. The maximum Gasteiger partial charge on any atom is 0.409 e. The van der Waals surface area contributed by atoms with Crippen molar-refractivity contribution < 1.29 is 28.7 Å². The number of hydrogen-bond acceptors (Lipinski definition) is 7. The molecule has 1 aromatic rings. The number of amides is 3. The number of carbonyl (C=O) groups excluding carboxylic acids is 4. The Bertz CT molecular complexity index is 786. The van der Waals surface area contributed by atoms with Gasteiger partial charge in [-0.05, 0) is 38.1 Å². The summed E-state index contributed by atoms with van der Waals surface area (Å²) in [4.78, 5) is 53.7. The first-order valence-corrected chi connectivity index (χ1v) is 9.76. The second-order valence-electron chi connectivity index (χ2n) is 6.78. The molecule has 0 spiro atoms. The van der Waals surface area contributed by atoms with Gasteiger partial charge in [0.15, 0.2) is 0 Å². The number of nitrogens with zero attached hydrogens (tertiary/aromatic N) is 3. The van der Waals surface area contributed by atoms with Gasteiger partial charge in [-0.2, -0.15) is 0 Å². The van der Waals surface area contributed by atoms with Crippen LogP contribution in [0.25, 0.3) is 0 Å². The Kier molecular flexibility index (Phi) is 6.48. The molecule has 3 rings (SSSR count). The summed E-state index contributed by atoms with van der Waals surface area (Å²) >= 11 is 0. The zero-order valence-electron chi connectivity index (χ0n) is 16.6. The highest BCUT2D eigenvalue weighted by atomic mass is 16.6. The molecule has 2 aliphatic rings. The van der Waals surface area contributed by atoms with Gasteiger partial charge in [0.05, 0.1) is 36.9 Å². The van der Waals surface area contributed by atoms with E-state index in [-0.39, 0.29) is 30.9 Å². The van der Waals surface area contributed by atoms with E-state index in [1.807, 2.05) is 4.90 Å². The van der Waals surface area contributed by atoms with Crippen LogP contribution in [0.3, 0.4) is 0 Å². The molecule has 2 fully saturated rings. The molecule has 9 heteroatoms. The second kappa shape index (κ2) is 9.04. The number of piperazine rings is 1. The predicted molar refractivity (Wildman–Crippen MR) is 103 cm³/mol. The number of imide groups is 1. The van der Waals surface area contributed by atoms with Crippen LogP contribution < -0.4 is 4.90 Å². The van der Waals surface area contributed by atoms with E-state index in [0.29, 0.717) is 44.0 Å². The van der Waals surface area contributed by atoms with Crippen LogP contribution in [0.2, 0.25) is 0 Å². The first-order chi connectivity index (χ1) is 14.0. The molecule has 2 heterocycles. The number of rotatable bonds is 5. The third-order valence-electron chi connectivity index (χ3n) is 5.04. The molecule has 0 saturated carbocycles. The molecule has 0 aliphatic carbocycles. The van der Waals surface area contributed by atoms with Gasteiger partial charge in [0.25, 0.3) is 5.91 Å². The van der Waals surface area contributed by atoms with Crippen LogP contribution in [0.1, 0.15) is 30.6 Å². The summed E-state index contributed by atoms with van der Waals surface area (Å²) in [5.41, 5.74) is 0.794. The van der Waals surface area contributed by atoms with Crippen molar-refractivity contribution in [3.05, 3.63) is 29.8 Å². The van der Waals surface area contributed by atoms with E-state index in [1.165, 1.54) is 0 Å². The van der Waals surface area contributed by atoms with Crippen molar-refractivity contribution in [2.75, 3.05) is 44.3 Å². The van der Waals surface area contributed by atoms with E-state index >= 15 is 0 Å². The van der Waals surface area contributed by atoms with Gasteiger partial charge in [-0.25, -0.2) is 14.5 Å². The maximum atomic E-state index is 12.9. The van der Waals surface area contributed by atoms with Crippen molar-refractivity contribution in [1.29, 1.82) is 0 Å². The fraction of sp³-hybridized carbons (Fsp3) is 0.500. The highest BCUT2D eigenvalue weighted by molar-refractivity contribution is 6.22. The Balaban J connectivity index is 1.64. The van der Waals surface area contributed by atoms with Crippen molar-refractivity contribution in [2.24, 2.45) is 0 Å². The summed E-state index contributed by atoms with van der Waals surface area (Å²) < 4.78 is 9.95. The minimum absolute atomic E-state index is 0.0951. The lowest BCUT2D eigenvalue weighted by Crippen LogP contribution is -2.54. The van der Waals surface area contributed by atoms with E-state index in [0.717, 1.165) is 4.90 Å². The Morgan fingerprint density at radius 2 is 1.59 bits per heavy atom. The van der Waals surface area contributed by atoms with Gasteiger partial charge in [0.2, 0.25) is 5.91 Å². The summed E-state index contributed by atoms with van der Waals surface area (Å²) in [6.45, 7) is 5.96. The largest absolute Gasteiger partial charge is 0.462 e. The third kappa shape index (κ3) is 4.40. The molecule has 0 radical (unpaired) electrons. The Labute approximate surface area is 169 Å². The number of ether oxygens (including phenoxy) is 2. The number of esters is 1. The minimum Gasteiger partial charge on any atom is -0.462 e. The van der Waals surface area contributed by atoms with Gasteiger partial charge in [-0.1, -0.05) is 0 Å². The molecule has 0 N–H and O–H groups in total. The monoisotopic (exact) mass is 403 g/mol. The smallest absolute Gasteiger partial charge is 0.409 e. The zero-order valence-corrected chi connectivity index (χ0v) is 16.6. The molecule has 2 aliphatic heterocycles. The molecule has 156 valence electrons. The Morgan fingerprint density at radius 1 is 0.966 bits per heavy atom. The SMILES string of the molecule is CCOC(=O)c1ccc(N2C(=O)C[C@@H](N3CCN(C(=O)OCC)CC3)C2=O)cc1. The molecule has 1 aromatic carbocycles. The van der Waals surface area contributed by atoms with E-state index in [2.05, 4.69) is 0 Å². The first kappa shape index (κ1) is 20.8. The average Bonchev–Trinajstić information content (AvgIpc) is 3.02. The fourth-order valence-corrected chi connectivity index (χ4v) is 3.56. The predicted octanol–water partition coefficient (Wildman–Crippen LogP) is 1.27. The van der Waals surface area contributed by atoms with Crippen molar-refractivity contribution >= 4 is 29.6 Å². The Hall–Kier alpha value is -2.94. The van der Waals surface area contributed by atoms with Crippen LogP contribution in [0.5, 0.6) is 0 Å². The molecule has 1 atom stereocenters. The van der Waals surface area contributed by atoms with Crippen LogP contribution in [-0.2, 0) is 19.1 Å². The molecule has 0 aromatic heterocycles. The average molecular weight is 403 g/mol. The van der Waals surface area contributed by atoms with Gasteiger partial charge in [-0.15, -0.1) is 0 Å². The highest BCUT2D eigenvalue weighted by Crippen LogP contribution is 2.27. The Morgan fingerprint density at radius 3 is 2.17 bits per heavy atom. The second-order valence-corrected chi connectivity index (χ2v) is 6.78. The van der Waals surface area contributed by atoms with Crippen LogP contribution in [-0.4, -0.2) is 79.1 Å². The summed E-state index contributed by atoms with van der Waals surface area (Å²) in [6.07, 6.45) is -0.262. The summed E-state index contributed by atoms with van der Waals surface area (Å²) in [5, 5.41) is 0. The van der Waals surface area contributed by atoms with Gasteiger partial charge in [0, 0.05) is 26.2 Å². The van der Waals surface area contributed by atoms with Gasteiger partial charge >= 0.3 is 12.1 Å². The number of benzene rings is 1. The van der Waals surface area contributed by atoms with E-state index in [1.54, 1.807) is 43.0 Å². The van der Waals surface area contributed by atoms with Crippen LogP contribution in [0.4, 0.5) is 10.5 Å². The molecular formula is C20H25N3O6. The van der Waals surface area contributed by atoms with Crippen LogP contribution in [0.15, 0.2) is 24.3 Å². The lowest BCUT2D eigenvalue weighted by atomic mass is 10.1.